The lowest BCUT2D eigenvalue weighted by Crippen LogP contribution is -2.30. The number of urea groups is 1. The molecule has 0 spiro atoms. The van der Waals surface area contributed by atoms with E-state index in [0.29, 0.717) is 33.7 Å². The number of carbonyl (C=O) groups is 2. The molecule has 0 saturated carbocycles. The maximum atomic E-state index is 12.9. The topological polar surface area (TPSA) is 67.9 Å². The van der Waals surface area contributed by atoms with E-state index < -0.39 is 6.03 Å². The molecule has 0 bridgehead atoms. The molecular formula is C27H24Cl2N2O4. The molecule has 3 amide bonds. The molecule has 1 fully saturated rings. The normalized spacial score (nSPS) is 14.4. The van der Waals surface area contributed by atoms with Crippen LogP contribution in [0.25, 0.3) is 6.08 Å². The molecule has 1 aliphatic heterocycles. The molecule has 1 N–H and O–H groups in total. The van der Waals surface area contributed by atoms with Crippen molar-refractivity contribution in [1.29, 1.82) is 0 Å². The van der Waals surface area contributed by atoms with Gasteiger partial charge in [-0.25, -0.2) is 4.79 Å². The summed E-state index contributed by atoms with van der Waals surface area (Å²) >= 11 is 12.2. The average Bonchev–Trinajstić information content (AvgIpc) is 3.08. The van der Waals surface area contributed by atoms with Crippen molar-refractivity contribution in [1.82, 2.24) is 10.2 Å². The van der Waals surface area contributed by atoms with E-state index >= 15 is 0 Å². The fourth-order valence-electron chi connectivity index (χ4n) is 3.55. The van der Waals surface area contributed by atoms with E-state index in [1.807, 2.05) is 38.1 Å². The first-order valence-electron chi connectivity index (χ1n) is 11.1. The van der Waals surface area contributed by atoms with Crippen LogP contribution in [0.2, 0.25) is 10.0 Å². The van der Waals surface area contributed by atoms with E-state index in [9.17, 15) is 9.59 Å². The first kappa shape index (κ1) is 24.6. The van der Waals surface area contributed by atoms with Crippen LogP contribution in [0.1, 0.15) is 29.2 Å². The Morgan fingerprint density at radius 2 is 1.71 bits per heavy atom. The molecule has 1 heterocycles. The maximum Gasteiger partial charge on any atom is 0.329 e. The van der Waals surface area contributed by atoms with Gasteiger partial charge in [-0.15, -0.1) is 0 Å². The predicted octanol–water partition coefficient (Wildman–Crippen LogP) is 6.37. The minimum atomic E-state index is -0.452. The van der Waals surface area contributed by atoms with Crippen molar-refractivity contribution in [2.45, 2.75) is 27.0 Å². The van der Waals surface area contributed by atoms with Gasteiger partial charge in [0.15, 0.2) is 11.5 Å². The smallest absolute Gasteiger partial charge is 0.329 e. The van der Waals surface area contributed by atoms with Crippen molar-refractivity contribution in [2.24, 2.45) is 0 Å². The SMILES string of the molecule is CCOc1cc(/C=C2/NC(=O)N(Cc3ccc(C)cc3)C2=O)ccc1OCc1ccc(Cl)cc1Cl. The first-order chi connectivity index (χ1) is 16.8. The lowest BCUT2D eigenvalue weighted by Gasteiger charge is -2.13. The standard InChI is InChI=1S/C27H24Cl2N2O4/c1-3-34-25-13-19(8-11-24(25)35-16-20-9-10-21(28)14-22(20)29)12-23-26(32)31(27(33)30-23)15-18-6-4-17(2)5-7-18/h4-14H,3,15-16H2,1-2H3,(H,30,33)/b23-12+. The molecule has 0 aliphatic carbocycles. The Morgan fingerprint density at radius 1 is 0.943 bits per heavy atom. The van der Waals surface area contributed by atoms with Crippen LogP contribution in [-0.4, -0.2) is 23.4 Å². The van der Waals surface area contributed by atoms with Crippen molar-refractivity contribution in [3.05, 3.63) is 98.7 Å². The first-order valence-corrected chi connectivity index (χ1v) is 11.8. The van der Waals surface area contributed by atoms with Gasteiger partial charge in [-0.2, -0.15) is 0 Å². The van der Waals surface area contributed by atoms with E-state index in [2.05, 4.69) is 5.32 Å². The highest BCUT2D eigenvalue weighted by molar-refractivity contribution is 6.35. The number of rotatable bonds is 8. The molecule has 1 saturated heterocycles. The molecule has 0 radical (unpaired) electrons. The number of hydrogen-bond acceptors (Lipinski definition) is 4. The highest BCUT2D eigenvalue weighted by atomic mass is 35.5. The Hall–Kier alpha value is -3.48. The number of aryl methyl sites for hydroxylation is 1. The molecule has 6 nitrogen and oxygen atoms in total. The van der Waals surface area contributed by atoms with Crippen molar-refractivity contribution in [3.63, 3.8) is 0 Å². The fraction of sp³-hybridized carbons (Fsp3) is 0.185. The van der Waals surface area contributed by atoms with Gasteiger partial charge in [0, 0.05) is 15.6 Å². The van der Waals surface area contributed by atoms with Gasteiger partial charge in [-0.05, 0) is 55.3 Å². The van der Waals surface area contributed by atoms with Crippen LogP contribution >= 0.6 is 23.2 Å². The Labute approximate surface area is 214 Å². The van der Waals surface area contributed by atoms with E-state index in [4.69, 9.17) is 32.7 Å². The quantitative estimate of drug-likeness (QED) is 0.282. The predicted molar refractivity (Wildman–Crippen MR) is 137 cm³/mol. The van der Waals surface area contributed by atoms with Crippen LogP contribution in [-0.2, 0) is 17.9 Å². The molecule has 3 aromatic rings. The van der Waals surface area contributed by atoms with Crippen LogP contribution in [0, 0.1) is 6.92 Å². The molecule has 4 rings (SSSR count). The number of nitrogens with zero attached hydrogens (tertiary/aromatic N) is 1. The Balaban J connectivity index is 1.50. The highest BCUT2D eigenvalue weighted by Crippen LogP contribution is 2.31. The monoisotopic (exact) mass is 510 g/mol. The molecule has 0 unspecified atom stereocenters. The summed E-state index contributed by atoms with van der Waals surface area (Å²) in [6, 6.07) is 17.8. The van der Waals surface area contributed by atoms with Crippen molar-refractivity contribution < 1.29 is 19.1 Å². The van der Waals surface area contributed by atoms with Crippen LogP contribution < -0.4 is 14.8 Å². The van der Waals surface area contributed by atoms with Crippen LogP contribution in [0.15, 0.2) is 66.4 Å². The summed E-state index contributed by atoms with van der Waals surface area (Å²) < 4.78 is 11.7. The molecule has 0 aromatic heterocycles. The van der Waals surface area contributed by atoms with Gasteiger partial charge in [0.2, 0.25) is 0 Å². The zero-order valence-electron chi connectivity index (χ0n) is 19.3. The molecule has 0 atom stereocenters. The minimum Gasteiger partial charge on any atom is -0.490 e. The van der Waals surface area contributed by atoms with Gasteiger partial charge in [-0.3, -0.25) is 9.69 Å². The van der Waals surface area contributed by atoms with Gasteiger partial charge in [0.25, 0.3) is 5.91 Å². The third-order valence-corrected chi connectivity index (χ3v) is 5.99. The lowest BCUT2D eigenvalue weighted by molar-refractivity contribution is -0.123. The molecular weight excluding hydrogens is 487 g/mol. The number of carbonyl (C=O) groups excluding carboxylic acids is 2. The summed E-state index contributed by atoms with van der Waals surface area (Å²) in [6.45, 7) is 4.72. The molecule has 1 aliphatic rings. The third kappa shape index (κ3) is 5.96. The largest absolute Gasteiger partial charge is 0.490 e. The zero-order valence-corrected chi connectivity index (χ0v) is 20.8. The van der Waals surface area contributed by atoms with Crippen LogP contribution in [0.3, 0.4) is 0 Å². The number of ether oxygens (including phenoxy) is 2. The van der Waals surface area contributed by atoms with Crippen LogP contribution in [0.4, 0.5) is 4.79 Å². The van der Waals surface area contributed by atoms with Crippen molar-refractivity contribution in [2.75, 3.05) is 6.61 Å². The summed E-state index contributed by atoms with van der Waals surface area (Å²) in [5.41, 5.74) is 3.66. The molecule has 3 aromatic carbocycles. The number of benzene rings is 3. The van der Waals surface area contributed by atoms with Gasteiger partial charge in [0.05, 0.1) is 13.2 Å². The third-order valence-electron chi connectivity index (χ3n) is 5.40. The highest BCUT2D eigenvalue weighted by Gasteiger charge is 2.33. The van der Waals surface area contributed by atoms with Crippen molar-refractivity contribution in [3.8, 4) is 11.5 Å². The summed E-state index contributed by atoms with van der Waals surface area (Å²) in [5.74, 6) is 0.661. The summed E-state index contributed by atoms with van der Waals surface area (Å²) in [5, 5.41) is 3.73. The number of amides is 3. The molecule has 180 valence electrons. The second-order valence-corrected chi connectivity index (χ2v) is 8.87. The van der Waals surface area contributed by atoms with Gasteiger partial charge in [-0.1, -0.05) is 65.2 Å². The van der Waals surface area contributed by atoms with E-state index in [-0.39, 0.29) is 24.8 Å². The van der Waals surface area contributed by atoms with Gasteiger partial charge >= 0.3 is 6.03 Å². The fourth-order valence-corrected chi connectivity index (χ4v) is 4.02. The molecule has 8 heteroatoms. The lowest BCUT2D eigenvalue weighted by atomic mass is 10.1. The summed E-state index contributed by atoms with van der Waals surface area (Å²) in [4.78, 5) is 26.5. The Bertz CT molecular complexity index is 1290. The second-order valence-electron chi connectivity index (χ2n) is 8.03. The average molecular weight is 511 g/mol. The van der Waals surface area contributed by atoms with E-state index in [0.717, 1.165) is 16.7 Å². The maximum absolute atomic E-state index is 12.9. The Morgan fingerprint density at radius 3 is 2.43 bits per heavy atom. The van der Waals surface area contributed by atoms with E-state index in [1.165, 1.54) is 4.90 Å². The number of nitrogens with one attached hydrogen (secondary N) is 1. The van der Waals surface area contributed by atoms with E-state index in [1.54, 1.807) is 42.5 Å². The number of halogens is 2. The summed E-state index contributed by atoms with van der Waals surface area (Å²) in [6.07, 6.45) is 1.62. The summed E-state index contributed by atoms with van der Waals surface area (Å²) in [7, 11) is 0. The Kier molecular flexibility index (Phi) is 7.63. The van der Waals surface area contributed by atoms with Crippen molar-refractivity contribution >= 4 is 41.2 Å². The van der Waals surface area contributed by atoms with Gasteiger partial charge < -0.3 is 14.8 Å². The minimum absolute atomic E-state index is 0.200. The van der Waals surface area contributed by atoms with Crippen LogP contribution in [0.5, 0.6) is 11.5 Å². The second kappa shape index (κ2) is 10.8. The zero-order chi connectivity index (χ0) is 24.9. The number of imide groups is 1. The number of hydrogen-bond donors (Lipinski definition) is 1. The van der Waals surface area contributed by atoms with Gasteiger partial charge in [0.1, 0.15) is 12.3 Å². The molecule has 35 heavy (non-hydrogen) atoms.